The third-order valence-electron chi connectivity index (χ3n) is 2.41. The summed E-state index contributed by atoms with van der Waals surface area (Å²) in [5.41, 5.74) is 0.447. The van der Waals surface area contributed by atoms with Crippen LogP contribution in [0.3, 0.4) is 0 Å². The van der Waals surface area contributed by atoms with E-state index in [0.29, 0.717) is 5.56 Å². The van der Waals surface area contributed by atoms with Crippen LogP contribution in [0.4, 0.5) is 0 Å². The van der Waals surface area contributed by atoms with Crippen LogP contribution in [0.2, 0.25) is 0 Å². The number of hydrogen-bond donors (Lipinski definition) is 1. The molecule has 0 spiro atoms. The molecule has 0 aliphatic heterocycles. The molecule has 0 heterocycles. The first kappa shape index (κ1) is 13.8. The van der Waals surface area contributed by atoms with E-state index in [-0.39, 0.29) is 17.9 Å². The van der Waals surface area contributed by atoms with Crippen molar-refractivity contribution in [3.63, 3.8) is 0 Å². The molecule has 1 N–H and O–H groups in total. The number of ether oxygens (including phenoxy) is 2. The number of carbonyl (C=O) groups is 1. The van der Waals surface area contributed by atoms with Gasteiger partial charge >= 0.3 is 12.0 Å². The maximum atomic E-state index is 11.3. The molecule has 0 bridgehead atoms. The van der Waals surface area contributed by atoms with Crippen LogP contribution in [0.25, 0.3) is 0 Å². The van der Waals surface area contributed by atoms with Gasteiger partial charge in [0.1, 0.15) is 11.5 Å². The van der Waals surface area contributed by atoms with Crippen LogP contribution in [0.1, 0.15) is 5.56 Å². The fraction of sp³-hybridized carbons (Fsp3) is 0.364. The summed E-state index contributed by atoms with van der Waals surface area (Å²) in [6, 6.07) is 2.66. The van der Waals surface area contributed by atoms with Gasteiger partial charge in [-0.25, -0.2) is 4.79 Å². The van der Waals surface area contributed by atoms with E-state index >= 15 is 0 Å². The lowest BCUT2D eigenvalue weighted by molar-refractivity contribution is -0.509. The molecule has 0 amide bonds. The van der Waals surface area contributed by atoms with E-state index in [4.69, 9.17) is 4.74 Å². The summed E-state index contributed by atoms with van der Waals surface area (Å²) in [6.45, 7) is 0. The average molecular weight is 255 g/mol. The first-order valence-electron chi connectivity index (χ1n) is 5.06. The van der Waals surface area contributed by atoms with Gasteiger partial charge in [0.2, 0.25) is 0 Å². The Morgan fingerprint density at radius 1 is 1.50 bits per heavy atom. The van der Waals surface area contributed by atoms with Crippen LogP contribution in [0, 0.1) is 10.1 Å². The fourth-order valence-electron chi connectivity index (χ4n) is 1.49. The molecule has 0 saturated heterocycles. The Balaban J connectivity index is 3.00. The molecule has 7 heteroatoms. The minimum atomic E-state index is -1.49. The van der Waals surface area contributed by atoms with Crippen molar-refractivity contribution in [2.24, 2.45) is 0 Å². The molecule has 0 aliphatic carbocycles. The zero-order valence-corrected chi connectivity index (χ0v) is 9.95. The monoisotopic (exact) mass is 255 g/mol. The van der Waals surface area contributed by atoms with Crippen LogP contribution in [0.15, 0.2) is 18.2 Å². The van der Waals surface area contributed by atoms with Crippen molar-refractivity contribution in [2.75, 3.05) is 14.2 Å². The number of phenols is 1. The molecule has 18 heavy (non-hydrogen) atoms. The molecule has 1 aromatic carbocycles. The van der Waals surface area contributed by atoms with E-state index in [9.17, 15) is 20.0 Å². The highest BCUT2D eigenvalue weighted by Crippen LogP contribution is 2.25. The smallest absolute Gasteiger partial charge is 0.381 e. The lowest BCUT2D eigenvalue weighted by atomic mass is 10.1. The molecule has 0 aromatic heterocycles. The van der Waals surface area contributed by atoms with Gasteiger partial charge < -0.3 is 14.6 Å². The zero-order chi connectivity index (χ0) is 13.7. The predicted octanol–water partition coefficient (Wildman–Crippen LogP) is 0.762. The Morgan fingerprint density at radius 2 is 2.17 bits per heavy atom. The van der Waals surface area contributed by atoms with Crippen LogP contribution >= 0.6 is 0 Å². The number of rotatable bonds is 5. The minimum Gasteiger partial charge on any atom is -0.508 e. The Hall–Kier alpha value is -2.31. The summed E-state index contributed by atoms with van der Waals surface area (Å²) >= 11 is 0. The predicted molar refractivity (Wildman–Crippen MR) is 61.2 cm³/mol. The summed E-state index contributed by atoms with van der Waals surface area (Å²) in [4.78, 5) is 21.3. The van der Waals surface area contributed by atoms with E-state index in [2.05, 4.69) is 4.74 Å². The molecular weight excluding hydrogens is 242 g/mol. The highest BCUT2D eigenvalue weighted by molar-refractivity contribution is 5.74. The number of nitro groups is 1. The Morgan fingerprint density at radius 3 is 2.67 bits per heavy atom. The van der Waals surface area contributed by atoms with Crippen molar-refractivity contribution in [1.29, 1.82) is 0 Å². The maximum Gasteiger partial charge on any atom is 0.381 e. The zero-order valence-electron chi connectivity index (χ0n) is 9.95. The Kier molecular flexibility index (Phi) is 4.47. The van der Waals surface area contributed by atoms with E-state index in [0.717, 1.165) is 7.11 Å². The lowest BCUT2D eigenvalue weighted by Gasteiger charge is -2.11. The second-order valence-electron chi connectivity index (χ2n) is 3.52. The van der Waals surface area contributed by atoms with Crippen molar-refractivity contribution < 1.29 is 24.3 Å². The molecule has 0 aliphatic rings. The van der Waals surface area contributed by atoms with Crippen LogP contribution in [-0.4, -0.2) is 36.3 Å². The summed E-state index contributed by atoms with van der Waals surface area (Å²) < 4.78 is 9.36. The highest BCUT2D eigenvalue weighted by atomic mass is 16.6. The summed E-state index contributed by atoms with van der Waals surface area (Å²) in [6.07, 6.45) is -0.164. The number of aromatic hydroxyl groups is 1. The van der Waals surface area contributed by atoms with E-state index < -0.39 is 16.9 Å². The third-order valence-corrected chi connectivity index (χ3v) is 2.41. The largest absolute Gasteiger partial charge is 0.508 e. The Bertz CT molecular complexity index is 459. The topological polar surface area (TPSA) is 98.9 Å². The third kappa shape index (κ3) is 3.09. The molecule has 0 radical (unpaired) electrons. The molecule has 1 unspecified atom stereocenters. The van der Waals surface area contributed by atoms with Gasteiger partial charge in [-0.2, -0.15) is 0 Å². The molecule has 98 valence electrons. The number of nitrogens with zero attached hydrogens (tertiary/aromatic N) is 1. The summed E-state index contributed by atoms with van der Waals surface area (Å²) in [7, 11) is 2.46. The van der Waals surface area contributed by atoms with Gasteiger partial charge in [-0.3, -0.25) is 10.1 Å². The summed E-state index contributed by atoms with van der Waals surface area (Å²) in [5.74, 6) is -0.660. The highest BCUT2D eigenvalue weighted by Gasteiger charge is 2.32. The van der Waals surface area contributed by atoms with Crippen molar-refractivity contribution in [3.8, 4) is 11.5 Å². The van der Waals surface area contributed by atoms with E-state index in [1.54, 1.807) is 0 Å². The van der Waals surface area contributed by atoms with Crippen molar-refractivity contribution in [1.82, 2.24) is 0 Å². The number of esters is 1. The van der Waals surface area contributed by atoms with Gasteiger partial charge in [-0.1, -0.05) is 6.07 Å². The molecular formula is C11H13NO6. The van der Waals surface area contributed by atoms with Crippen molar-refractivity contribution in [3.05, 3.63) is 33.9 Å². The first-order valence-corrected chi connectivity index (χ1v) is 5.06. The van der Waals surface area contributed by atoms with Crippen molar-refractivity contribution >= 4 is 5.97 Å². The first-order chi connectivity index (χ1) is 8.49. The molecule has 0 saturated carbocycles. The number of phenolic OH excluding ortho intramolecular Hbond substituents is 1. The second-order valence-corrected chi connectivity index (χ2v) is 3.52. The molecule has 0 fully saturated rings. The van der Waals surface area contributed by atoms with Gasteiger partial charge in [-0.05, 0) is 6.07 Å². The van der Waals surface area contributed by atoms with Gasteiger partial charge in [0.05, 0.1) is 20.6 Å². The molecule has 1 rings (SSSR count). The number of hydrogen-bond acceptors (Lipinski definition) is 6. The quantitative estimate of drug-likeness (QED) is 0.473. The average Bonchev–Trinajstić information content (AvgIpc) is 2.35. The van der Waals surface area contributed by atoms with Crippen LogP contribution in [-0.2, 0) is 16.0 Å². The van der Waals surface area contributed by atoms with Crippen LogP contribution in [0.5, 0.6) is 11.5 Å². The number of carbonyl (C=O) groups excluding carboxylic acids is 1. The number of methoxy groups -OCH3 is 2. The maximum absolute atomic E-state index is 11.3. The van der Waals surface area contributed by atoms with Gasteiger partial charge in [0.25, 0.3) is 0 Å². The lowest BCUT2D eigenvalue weighted by Crippen LogP contribution is -2.32. The van der Waals surface area contributed by atoms with E-state index in [1.807, 2.05) is 0 Å². The van der Waals surface area contributed by atoms with Crippen molar-refractivity contribution in [2.45, 2.75) is 12.5 Å². The van der Waals surface area contributed by atoms with Gasteiger partial charge in [0, 0.05) is 16.6 Å². The van der Waals surface area contributed by atoms with Gasteiger partial charge in [-0.15, -0.1) is 0 Å². The molecule has 1 aromatic rings. The summed E-state index contributed by atoms with van der Waals surface area (Å²) in [5, 5.41) is 20.0. The fourth-order valence-corrected chi connectivity index (χ4v) is 1.49. The normalized spacial score (nSPS) is 11.7. The van der Waals surface area contributed by atoms with Crippen LogP contribution < -0.4 is 4.74 Å². The standard InChI is InChI=1S/C11H13NO6/c1-17-10-6-8(13)4-3-7(10)5-9(12(15)16)11(14)18-2/h3-4,6,9,13H,5H2,1-2H3. The molecule has 7 nitrogen and oxygen atoms in total. The molecule has 1 atom stereocenters. The van der Waals surface area contributed by atoms with Gasteiger partial charge in [0.15, 0.2) is 0 Å². The Labute approximate surface area is 103 Å². The van der Waals surface area contributed by atoms with E-state index in [1.165, 1.54) is 25.3 Å². The second kappa shape index (κ2) is 5.85. The number of benzene rings is 1. The SMILES string of the molecule is COC(=O)C(Cc1ccc(O)cc1OC)[N+](=O)[O-]. The minimum absolute atomic E-state index is 0.0219.